The van der Waals surface area contributed by atoms with Crippen LogP contribution in [0, 0.1) is 4.64 Å². The lowest BCUT2D eigenvalue weighted by Gasteiger charge is -2.42. The third kappa shape index (κ3) is 3.66. The number of hydrogen-bond acceptors (Lipinski definition) is 6. The summed E-state index contributed by atoms with van der Waals surface area (Å²) in [5, 5.41) is 0. The summed E-state index contributed by atoms with van der Waals surface area (Å²) in [4.78, 5) is 9.73. The Labute approximate surface area is 174 Å². The van der Waals surface area contributed by atoms with Crippen molar-refractivity contribution in [3.05, 3.63) is 46.9 Å². The number of aromatic amines is 1. The van der Waals surface area contributed by atoms with Gasteiger partial charge in [-0.05, 0) is 26.8 Å². The van der Waals surface area contributed by atoms with Crippen LogP contribution in [0.4, 0.5) is 5.82 Å². The Hall–Kier alpha value is -1.61. The fourth-order valence-electron chi connectivity index (χ4n) is 3.84. The van der Waals surface area contributed by atoms with Crippen molar-refractivity contribution >= 4 is 29.4 Å². The molecule has 2 aliphatic heterocycles. The molecule has 2 aliphatic rings. The molecule has 3 heterocycles. The van der Waals surface area contributed by atoms with Crippen LogP contribution in [0.3, 0.4) is 0 Å². The molecule has 1 aromatic carbocycles. The summed E-state index contributed by atoms with van der Waals surface area (Å²) in [6.07, 6.45) is 5.17. The molecule has 1 aromatic heterocycles. The molecule has 1 unspecified atom stereocenters. The van der Waals surface area contributed by atoms with E-state index in [1.807, 2.05) is 45.2 Å². The lowest BCUT2D eigenvalue weighted by molar-refractivity contribution is 0.0379. The second-order valence-corrected chi connectivity index (χ2v) is 10.8. The molecule has 1 spiro atoms. The highest BCUT2D eigenvalue weighted by atomic mass is 32.2. The van der Waals surface area contributed by atoms with E-state index in [0.29, 0.717) is 4.64 Å². The zero-order valence-corrected chi connectivity index (χ0v) is 18.0. The van der Waals surface area contributed by atoms with Crippen molar-refractivity contribution in [2.24, 2.45) is 0 Å². The van der Waals surface area contributed by atoms with E-state index in [1.165, 1.54) is 0 Å². The van der Waals surface area contributed by atoms with E-state index in [4.69, 9.17) is 17.0 Å². The van der Waals surface area contributed by atoms with E-state index in [0.717, 1.165) is 43.1 Å². The molecule has 150 valence electrons. The summed E-state index contributed by atoms with van der Waals surface area (Å²) >= 11 is 3.91. The summed E-state index contributed by atoms with van der Waals surface area (Å²) in [6, 6.07) is 7.99. The molecular formula is C20H26N4O2S2. The van der Waals surface area contributed by atoms with Crippen molar-refractivity contribution in [3.8, 4) is 5.75 Å². The van der Waals surface area contributed by atoms with Crippen molar-refractivity contribution in [1.82, 2.24) is 14.7 Å². The van der Waals surface area contributed by atoms with E-state index < -0.39 is 17.0 Å². The number of fused-ring (bicyclic) bond motifs is 1. The molecule has 1 saturated heterocycles. The SMILES string of the molecule is CC(C)(C)[S+]([O-])N[C@@H]1c2ccccc2OC12CCN(c1c[nH]c(=S)cn1)CC2. The average molecular weight is 419 g/mol. The van der Waals surface area contributed by atoms with Crippen LogP contribution in [0.15, 0.2) is 36.7 Å². The van der Waals surface area contributed by atoms with Crippen LogP contribution in [0.1, 0.15) is 45.2 Å². The summed E-state index contributed by atoms with van der Waals surface area (Å²) in [6.45, 7) is 7.58. The number of benzene rings is 1. The van der Waals surface area contributed by atoms with Crippen LogP contribution >= 0.6 is 12.2 Å². The van der Waals surface area contributed by atoms with Gasteiger partial charge < -0.3 is 19.2 Å². The Morgan fingerprint density at radius 3 is 2.68 bits per heavy atom. The van der Waals surface area contributed by atoms with Gasteiger partial charge in [-0.25, -0.2) is 4.98 Å². The maximum atomic E-state index is 12.9. The molecule has 0 aliphatic carbocycles. The molecule has 0 saturated carbocycles. The zero-order chi connectivity index (χ0) is 19.9. The van der Waals surface area contributed by atoms with Crippen LogP contribution < -0.4 is 14.4 Å². The van der Waals surface area contributed by atoms with Gasteiger partial charge in [0.1, 0.15) is 32.6 Å². The number of rotatable bonds is 3. The lowest BCUT2D eigenvalue weighted by Crippen LogP contribution is -2.55. The van der Waals surface area contributed by atoms with Crippen LogP contribution in [-0.4, -0.2) is 38.0 Å². The molecule has 2 N–H and O–H groups in total. The van der Waals surface area contributed by atoms with Gasteiger partial charge in [0.05, 0.1) is 6.20 Å². The second-order valence-electron chi connectivity index (χ2n) is 8.39. The molecular weight excluding hydrogens is 392 g/mol. The highest BCUT2D eigenvalue weighted by molar-refractivity contribution is 7.90. The molecule has 0 radical (unpaired) electrons. The maximum Gasteiger partial charge on any atom is 0.144 e. The third-order valence-corrected chi connectivity index (χ3v) is 7.23. The second kappa shape index (κ2) is 7.33. The quantitative estimate of drug-likeness (QED) is 0.585. The molecule has 2 atom stereocenters. The highest BCUT2D eigenvalue weighted by Crippen LogP contribution is 2.49. The van der Waals surface area contributed by atoms with Gasteiger partial charge in [-0.1, -0.05) is 30.4 Å². The maximum absolute atomic E-state index is 12.9. The van der Waals surface area contributed by atoms with Gasteiger partial charge in [-0.2, -0.15) is 0 Å². The predicted molar refractivity (Wildman–Crippen MR) is 114 cm³/mol. The van der Waals surface area contributed by atoms with Gasteiger partial charge in [-0.3, -0.25) is 0 Å². The first-order valence-corrected chi connectivity index (χ1v) is 11.1. The Bertz CT molecular complexity index is 883. The number of ether oxygens (including phenoxy) is 1. The minimum Gasteiger partial charge on any atom is -0.598 e. The van der Waals surface area contributed by atoms with E-state index in [-0.39, 0.29) is 10.8 Å². The smallest absolute Gasteiger partial charge is 0.144 e. The van der Waals surface area contributed by atoms with Gasteiger partial charge in [-0.15, -0.1) is 4.72 Å². The summed E-state index contributed by atoms with van der Waals surface area (Å²) in [7, 11) is 0. The van der Waals surface area contributed by atoms with E-state index in [9.17, 15) is 4.55 Å². The third-order valence-electron chi connectivity index (χ3n) is 5.44. The van der Waals surface area contributed by atoms with Crippen LogP contribution in [-0.2, 0) is 11.4 Å². The minimum atomic E-state index is -1.18. The van der Waals surface area contributed by atoms with Gasteiger partial charge in [0.25, 0.3) is 0 Å². The number of aromatic nitrogens is 2. The van der Waals surface area contributed by atoms with Crippen molar-refractivity contribution in [1.29, 1.82) is 0 Å². The van der Waals surface area contributed by atoms with Crippen molar-refractivity contribution < 1.29 is 9.29 Å². The zero-order valence-electron chi connectivity index (χ0n) is 16.4. The highest BCUT2D eigenvalue weighted by Gasteiger charge is 2.52. The topological polar surface area (TPSA) is 76.2 Å². The number of H-pyrrole nitrogens is 1. The van der Waals surface area contributed by atoms with Gasteiger partial charge >= 0.3 is 0 Å². The van der Waals surface area contributed by atoms with Crippen molar-refractivity contribution in [2.75, 3.05) is 18.0 Å². The van der Waals surface area contributed by atoms with Crippen LogP contribution in [0.2, 0.25) is 0 Å². The lowest BCUT2D eigenvalue weighted by atomic mass is 9.83. The number of nitrogens with one attached hydrogen (secondary N) is 2. The number of hydrogen-bond donors (Lipinski definition) is 2. The minimum absolute atomic E-state index is 0.0968. The standard InChI is InChI=1S/C20H26N4O2S2/c1-19(2,3)28(25)23-18-14-6-4-5-7-15(14)26-20(18)8-10-24(11-9-20)16-12-22-17(27)13-21-16/h4-7,12-13,18,23H,8-11H2,1-3H3,(H,22,27)/t18-,28?/m1/s1. The molecule has 2 aromatic rings. The van der Waals surface area contributed by atoms with Crippen LogP contribution in [0.25, 0.3) is 0 Å². The molecule has 6 nitrogen and oxygen atoms in total. The number of nitrogens with zero attached hydrogens (tertiary/aromatic N) is 2. The normalized spacial score (nSPS) is 22.0. The largest absolute Gasteiger partial charge is 0.598 e. The molecule has 4 rings (SSSR count). The van der Waals surface area contributed by atoms with E-state index in [1.54, 1.807) is 6.20 Å². The molecule has 1 fully saturated rings. The number of piperidine rings is 1. The van der Waals surface area contributed by atoms with Crippen molar-refractivity contribution in [3.63, 3.8) is 0 Å². The van der Waals surface area contributed by atoms with Gasteiger partial charge in [0, 0.05) is 49.1 Å². The first-order chi connectivity index (χ1) is 13.3. The number of anilines is 1. The Morgan fingerprint density at radius 1 is 1.32 bits per heavy atom. The van der Waals surface area contributed by atoms with Gasteiger partial charge in [0.2, 0.25) is 0 Å². The Kier molecular flexibility index (Phi) is 5.16. The first-order valence-electron chi connectivity index (χ1n) is 9.54. The molecule has 0 amide bonds. The molecule has 8 heteroatoms. The van der Waals surface area contributed by atoms with Crippen LogP contribution in [0.5, 0.6) is 5.75 Å². The summed E-state index contributed by atoms with van der Waals surface area (Å²) in [5.41, 5.74) is 0.693. The monoisotopic (exact) mass is 418 g/mol. The summed E-state index contributed by atoms with van der Waals surface area (Å²) < 4.78 is 23.1. The molecule has 0 bridgehead atoms. The van der Waals surface area contributed by atoms with E-state index in [2.05, 4.69) is 25.7 Å². The molecule has 28 heavy (non-hydrogen) atoms. The first kappa shape index (κ1) is 19.7. The van der Waals surface area contributed by atoms with E-state index >= 15 is 0 Å². The summed E-state index contributed by atoms with van der Waals surface area (Å²) in [5.74, 6) is 1.78. The fraction of sp³-hybridized carbons (Fsp3) is 0.500. The van der Waals surface area contributed by atoms with Gasteiger partial charge in [0.15, 0.2) is 0 Å². The fourth-order valence-corrected chi connectivity index (χ4v) is 4.86. The average Bonchev–Trinajstić information content (AvgIpc) is 2.95. The number of para-hydroxylation sites is 1. The Morgan fingerprint density at radius 2 is 2.04 bits per heavy atom. The Balaban J connectivity index is 1.57. The predicted octanol–water partition coefficient (Wildman–Crippen LogP) is 3.66. The van der Waals surface area contributed by atoms with Crippen molar-refractivity contribution in [2.45, 2.75) is 50.0 Å².